The van der Waals surface area contributed by atoms with E-state index in [1.54, 1.807) is 12.1 Å². The van der Waals surface area contributed by atoms with Crippen LogP contribution in [0.15, 0.2) is 59.5 Å². The highest BCUT2D eigenvalue weighted by Crippen LogP contribution is 2.31. The Kier molecular flexibility index (Phi) is 4.87. The Labute approximate surface area is 146 Å². The fourth-order valence-corrected chi connectivity index (χ4v) is 2.14. The number of nitrogens with one attached hydrogen (secondary N) is 2. The van der Waals surface area contributed by atoms with Crippen molar-refractivity contribution >= 4 is 17.4 Å². The Morgan fingerprint density at radius 2 is 1.96 bits per heavy atom. The van der Waals surface area contributed by atoms with Crippen LogP contribution in [0.2, 0.25) is 0 Å². The fourth-order valence-electron chi connectivity index (χ4n) is 2.14. The molecule has 9 heteroatoms. The molecule has 2 aromatic heterocycles. The molecule has 0 unspecified atom stereocenters. The third-order valence-corrected chi connectivity index (χ3v) is 3.37. The van der Waals surface area contributed by atoms with Crippen molar-refractivity contribution < 1.29 is 22.4 Å². The highest BCUT2D eigenvalue weighted by atomic mass is 19.4. The number of alkyl halides is 3. The van der Waals surface area contributed by atoms with Crippen molar-refractivity contribution in [2.75, 3.05) is 5.32 Å². The standard InChI is InChI=1S/C17H13F3N4O2/c18-17(19,20)11-3-1-4-12(7-11)24-15-8-14(22-10-23-15)16(25)21-9-13-5-2-6-26-13/h1-8,10H,9H2,(H,21,25)(H,22,23,24). The van der Waals surface area contributed by atoms with Gasteiger partial charge in [-0.05, 0) is 30.3 Å². The van der Waals surface area contributed by atoms with Gasteiger partial charge in [-0.2, -0.15) is 13.2 Å². The highest BCUT2D eigenvalue weighted by Gasteiger charge is 2.30. The smallest absolute Gasteiger partial charge is 0.416 e. The van der Waals surface area contributed by atoms with E-state index in [-0.39, 0.29) is 23.7 Å². The molecular weight excluding hydrogens is 349 g/mol. The summed E-state index contributed by atoms with van der Waals surface area (Å²) in [5.41, 5.74) is -0.519. The number of aromatic nitrogens is 2. The first-order valence-electron chi connectivity index (χ1n) is 7.49. The number of hydrogen-bond acceptors (Lipinski definition) is 5. The van der Waals surface area contributed by atoms with E-state index in [2.05, 4.69) is 20.6 Å². The number of halogens is 3. The first-order chi connectivity index (χ1) is 12.4. The van der Waals surface area contributed by atoms with E-state index in [4.69, 9.17) is 4.42 Å². The van der Waals surface area contributed by atoms with Gasteiger partial charge in [0.15, 0.2) is 0 Å². The fraction of sp³-hybridized carbons (Fsp3) is 0.118. The number of benzene rings is 1. The van der Waals surface area contributed by atoms with Crippen LogP contribution in [0.25, 0.3) is 0 Å². The number of carbonyl (C=O) groups excluding carboxylic acids is 1. The summed E-state index contributed by atoms with van der Waals surface area (Å²) in [4.78, 5) is 19.9. The maximum absolute atomic E-state index is 12.8. The van der Waals surface area contributed by atoms with Crippen LogP contribution in [-0.4, -0.2) is 15.9 Å². The molecule has 3 rings (SSSR count). The van der Waals surface area contributed by atoms with Crippen LogP contribution in [0.1, 0.15) is 21.8 Å². The molecule has 0 saturated carbocycles. The molecule has 3 aromatic rings. The van der Waals surface area contributed by atoms with Crippen molar-refractivity contribution in [3.63, 3.8) is 0 Å². The lowest BCUT2D eigenvalue weighted by atomic mass is 10.2. The van der Waals surface area contributed by atoms with Gasteiger partial charge >= 0.3 is 6.18 Å². The first kappa shape index (κ1) is 17.5. The van der Waals surface area contributed by atoms with Crippen LogP contribution >= 0.6 is 0 Å². The lowest BCUT2D eigenvalue weighted by Gasteiger charge is -2.10. The molecule has 0 saturated heterocycles. The first-order valence-corrected chi connectivity index (χ1v) is 7.49. The maximum Gasteiger partial charge on any atom is 0.416 e. The zero-order valence-electron chi connectivity index (χ0n) is 13.2. The number of hydrogen-bond donors (Lipinski definition) is 2. The van der Waals surface area contributed by atoms with E-state index in [9.17, 15) is 18.0 Å². The van der Waals surface area contributed by atoms with Gasteiger partial charge in [0, 0.05) is 11.8 Å². The SMILES string of the molecule is O=C(NCc1ccco1)c1cc(Nc2cccc(C(F)(F)F)c2)ncn1. The van der Waals surface area contributed by atoms with Crippen molar-refractivity contribution in [3.05, 3.63) is 72.1 Å². The summed E-state index contributed by atoms with van der Waals surface area (Å²) in [6, 6.07) is 9.43. The van der Waals surface area contributed by atoms with E-state index in [1.165, 1.54) is 24.5 Å². The molecule has 2 N–H and O–H groups in total. The zero-order valence-corrected chi connectivity index (χ0v) is 13.2. The predicted molar refractivity (Wildman–Crippen MR) is 86.6 cm³/mol. The summed E-state index contributed by atoms with van der Waals surface area (Å²) < 4.78 is 43.4. The topological polar surface area (TPSA) is 80.0 Å². The summed E-state index contributed by atoms with van der Waals surface area (Å²) in [5.74, 6) is 0.313. The monoisotopic (exact) mass is 362 g/mol. The van der Waals surface area contributed by atoms with Gasteiger partial charge in [-0.3, -0.25) is 4.79 Å². The third-order valence-electron chi connectivity index (χ3n) is 3.37. The lowest BCUT2D eigenvalue weighted by Crippen LogP contribution is -2.23. The van der Waals surface area contributed by atoms with Crippen molar-refractivity contribution in [1.29, 1.82) is 0 Å². The molecule has 0 bridgehead atoms. The summed E-state index contributed by atoms with van der Waals surface area (Å²) in [6.07, 6.45) is -1.80. The zero-order chi connectivity index (χ0) is 18.6. The van der Waals surface area contributed by atoms with Crippen LogP contribution in [0.4, 0.5) is 24.7 Å². The van der Waals surface area contributed by atoms with Crippen molar-refractivity contribution in [2.24, 2.45) is 0 Å². The van der Waals surface area contributed by atoms with Crippen LogP contribution in [0, 0.1) is 0 Å². The minimum Gasteiger partial charge on any atom is -0.467 e. The minimum absolute atomic E-state index is 0.0704. The second-order valence-electron chi connectivity index (χ2n) is 5.25. The molecule has 0 aliphatic heterocycles. The molecule has 1 aromatic carbocycles. The maximum atomic E-state index is 12.8. The second-order valence-corrected chi connectivity index (χ2v) is 5.25. The Balaban J connectivity index is 1.70. The van der Waals surface area contributed by atoms with Crippen molar-refractivity contribution in [1.82, 2.24) is 15.3 Å². The molecule has 134 valence electrons. The van der Waals surface area contributed by atoms with E-state index in [1.807, 2.05) is 0 Å². The summed E-state index contributed by atoms with van der Waals surface area (Å²) in [7, 11) is 0. The van der Waals surface area contributed by atoms with Gasteiger partial charge in [0.05, 0.1) is 18.4 Å². The third kappa shape index (κ3) is 4.38. The van der Waals surface area contributed by atoms with Gasteiger partial charge in [-0.25, -0.2) is 9.97 Å². The average molecular weight is 362 g/mol. The number of furan rings is 1. The summed E-state index contributed by atoms with van der Waals surface area (Å²) in [5, 5.41) is 5.35. The molecule has 2 heterocycles. The molecule has 26 heavy (non-hydrogen) atoms. The Bertz CT molecular complexity index is 895. The van der Waals surface area contributed by atoms with E-state index >= 15 is 0 Å². The summed E-state index contributed by atoms with van der Waals surface area (Å²) in [6.45, 7) is 0.187. The second kappa shape index (κ2) is 7.26. The lowest BCUT2D eigenvalue weighted by molar-refractivity contribution is -0.137. The number of amides is 1. The Morgan fingerprint density at radius 3 is 2.69 bits per heavy atom. The molecule has 0 radical (unpaired) electrons. The van der Waals surface area contributed by atoms with Crippen molar-refractivity contribution in [3.8, 4) is 0 Å². The number of nitrogens with zero attached hydrogens (tertiary/aromatic N) is 2. The van der Waals surface area contributed by atoms with Crippen LogP contribution in [0.3, 0.4) is 0 Å². The molecule has 6 nitrogen and oxygen atoms in total. The Hall–Kier alpha value is -3.36. The molecule has 0 aliphatic rings. The molecule has 0 fully saturated rings. The molecule has 0 spiro atoms. The summed E-state index contributed by atoms with van der Waals surface area (Å²) >= 11 is 0. The Morgan fingerprint density at radius 1 is 1.12 bits per heavy atom. The molecule has 0 aliphatic carbocycles. The predicted octanol–water partition coefficient (Wildman–Crippen LogP) is 3.76. The van der Waals surface area contributed by atoms with E-state index in [0.29, 0.717) is 5.76 Å². The van der Waals surface area contributed by atoms with Gasteiger partial charge in [0.1, 0.15) is 23.6 Å². The van der Waals surface area contributed by atoms with Crippen molar-refractivity contribution in [2.45, 2.75) is 12.7 Å². The molecule has 1 amide bonds. The van der Waals surface area contributed by atoms with Gasteiger partial charge in [-0.15, -0.1) is 0 Å². The number of carbonyl (C=O) groups is 1. The van der Waals surface area contributed by atoms with E-state index < -0.39 is 17.6 Å². The normalized spacial score (nSPS) is 11.2. The van der Waals surface area contributed by atoms with E-state index in [0.717, 1.165) is 18.5 Å². The largest absolute Gasteiger partial charge is 0.467 e. The van der Waals surface area contributed by atoms with Gasteiger partial charge in [-0.1, -0.05) is 6.07 Å². The number of anilines is 2. The molecule has 0 atom stereocenters. The van der Waals surface area contributed by atoms with Gasteiger partial charge in [0.25, 0.3) is 5.91 Å². The minimum atomic E-state index is -4.44. The van der Waals surface area contributed by atoms with Crippen LogP contribution < -0.4 is 10.6 Å². The van der Waals surface area contributed by atoms with Crippen LogP contribution in [-0.2, 0) is 12.7 Å². The number of rotatable bonds is 5. The average Bonchev–Trinajstić information content (AvgIpc) is 3.13. The van der Waals surface area contributed by atoms with Gasteiger partial charge in [0.2, 0.25) is 0 Å². The quantitative estimate of drug-likeness (QED) is 0.722. The molecular formula is C17H13F3N4O2. The van der Waals surface area contributed by atoms with Crippen LogP contribution in [0.5, 0.6) is 0 Å². The highest BCUT2D eigenvalue weighted by molar-refractivity contribution is 5.92. The van der Waals surface area contributed by atoms with Gasteiger partial charge < -0.3 is 15.1 Å².